The number of hydrogen-bond donors (Lipinski definition) is 2. The molecule has 0 bridgehead atoms. The molecule has 0 spiro atoms. The zero-order valence-electron chi connectivity index (χ0n) is 25.1. The Kier molecular flexibility index (Phi) is 11.3. The second kappa shape index (κ2) is 14.6. The van der Waals surface area contributed by atoms with E-state index < -0.39 is 0 Å². The number of nitrogens with one attached hydrogen (secondary N) is 1. The first-order chi connectivity index (χ1) is 19.3. The van der Waals surface area contributed by atoms with Crippen LogP contribution in [0, 0.1) is 17.8 Å². The van der Waals surface area contributed by atoms with Gasteiger partial charge in [-0.25, -0.2) is 0 Å². The molecule has 1 aromatic rings. The van der Waals surface area contributed by atoms with Crippen molar-refractivity contribution < 1.29 is 24.2 Å². The molecule has 2 saturated carbocycles. The van der Waals surface area contributed by atoms with Crippen LogP contribution in [0.4, 0.5) is 0 Å². The standard InChI is InChI=1S/C32H51N3O5/c1-5-23-7-8-25(17-30(23)40-16-6-15-39-4)32(38)34(22(2)3)20-26-18-33-19-27(26)21-35(28-11-12-28)31(37)24-9-13-29(36)14-10-24/h7-8,17,22,24,26-29,33,36H,5-6,9-16,18-21H2,1-4H3/t24?,26-,27-,29?/m0/s1. The van der Waals surface area contributed by atoms with Crippen molar-refractivity contribution in [2.24, 2.45) is 17.8 Å². The van der Waals surface area contributed by atoms with Crippen LogP contribution in [-0.4, -0.2) is 91.4 Å². The molecule has 0 radical (unpaired) electrons. The molecular formula is C32H51N3O5. The Morgan fingerprint density at radius 1 is 1.02 bits per heavy atom. The van der Waals surface area contributed by atoms with Crippen LogP contribution in [0.15, 0.2) is 18.2 Å². The minimum atomic E-state index is -0.252. The minimum absolute atomic E-state index is 0.0286. The fourth-order valence-electron chi connectivity index (χ4n) is 6.28. The molecule has 1 aliphatic heterocycles. The number of nitrogens with zero attached hydrogens (tertiary/aromatic N) is 2. The number of carbonyl (C=O) groups is 2. The molecule has 2 amide bonds. The van der Waals surface area contributed by atoms with Crippen molar-refractivity contribution in [1.29, 1.82) is 0 Å². The lowest BCUT2D eigenvalue weighted by Gasteiger charge is -2.35. The molecular weight excluding hydrogens is 506 g/mol. The summed E-state index contributed by atoms with van der Waals surface area (Å²) in [7, 11) is 1.69. The lowest BCUT2D eigenvalue weighted by molar-refractivity contribution is -0.138. The van der Waals surface area contributed by atoms with Crippen LogP contribution >= 0.6 is 0 Å². The first-order valence-corrected chi connectivity index (χ1v) is 15.6. The Labute approximate surface area is 240 Å². The quantitative estimate of drug-likeness (QED) is 0.337. The summed E-state index contributed by atoms with van der Waals surface area (Å²) in [5, 5.41) is 13.5. The summed E-state index contributed by atoms with van der Waals surface area (Å²) in [5.41, 5.74) is 1.76. The van der Waals surface area contributed by atoms with Crippen LogP contribution in [0.1, 0.15) is 81.6 Å². The predicted octanol–water partition coefficient (Wildman–Crippen LogP) is 3.89. The van der Waals surface area contributed by atoms with Crippen molar-refractivity contribution in [2.45, 2.75) is 90.3 Å². The number of aliphatic hydroxyl groups is 1. The normalized spacial score (nSPS) is 24.8. The number of aliphatic hydroxyl groups excluding tert-OH is 1. The minimum Gasteiger partial charge on any atom is -0.493 e. The number of methoxy groups -OCH3 is 1. The van der Waals surface area contributed by atoms with Crippen molar-refractivity contribution in [3.8, 4) is 5.75 Å². The van der Waals surface area contributed by atoms with Crippen molar-refractivity contribution >= 4 is 11.8 Å². The van der Waals surface area contributed by atoms with Crippen LogP contribution in [-0.2, 0) is 16.0 Å². The van der Waals surface area contributed by atoms with Gasteiger partial charge in [0.05, 0.1) is 12.7 Å². The summed E-state index contributed by atoms with van der Waals surface area (Å²) in [6, 6.07) is 6.27. The van der Waals surface area contributed by atoms with Crippen LogP contribution in [0.5, 0.6) is 5.75 Å². The van der Waals surface area contributed by atoms with Gasteiger partial charge < -0.3 is 29.7 Å². The molecule has 1 saturated heterocycles. The number of amides is 2. The zero-order valence-corrected chi connectivity index (χ0v) is 25.1. The SMILES string of the molecule is CCc1ccc(C(=O)N(C[C@@H]2CNC[C@H]2CN(C(=O)C2CCC(O)CC2)C2CC2)C(C)C)cc1OCCCOC. The first-order valence-electron chi connectivity index (χ1n) is 15.6. The van der Waals surface area contributed by atoms with Gasteiger partial charge in [0.1, 0.15) is 5.75 Å². The maximum absolute atomic E-state index is 13.8. The summed E-state index contributed by atoms with van der Waals surface area (Å²) >= 11 is 0. The van der Waals surface area contributed by atoms with E-state index in [0.717, 1.165) is 82.3 Å². The third kappa shape index (κ3) is 7.98. The van der Waals surface area contributed by atoms with Crippen molar-refractivity contribution in [1.82, 2.24) is 15.1 Å². The van der Waals surface area contributed by atoms with Gasteiger partial charge in [0.25, 0.3) is 5.91 Å². The van der Waals surface area contributed by atoms with Crippen molar-refractivity contribution in [2.75, 3.05) is 46.5 Å². The zero-order chi connectivity index (χ0) is 28.6. The molecule has 40 heavy (non-hydrogen) atoms. The summed E-state index contributed by atoms with van der Waals surface area (Å²) in [6.45, 7) is 10.6. The van der Waals surface area contributed by atoms with E-state index in [4.69, 9.17) is 9.47 Å². The predicted molar refractivity (Wildman–Crippen MR) is 157 cm³/mol. The van der Waals surface area contributed by atoms with Gasteiger partial charge in [0.2, 0.25) is 5.91 Å². The molecule has 0 unspecified atom stereocenters. The second-order valence-corrected chi connectivity index (χ2v) is 12.3. The number of carbonyl (C=O) groups excluding carboxylic acids is 2. The molecule has 1 aromatic carbocycles. The molecule has 224 valence electrons. The molecule has 2 aliphatic carbocycles. The highest BCUT2D eigenvalue weighted by atomic mass is 16.5. The number of benzene rings is 1. The summed E-state index contributed by atoms with van der Waals surface area (Å²) in [5.74, 6) is 1.74. The van der Waals surface area contributed by atoms with Gasteiger partial charge >= 0.3 is 0 Å². The van der Waals surface area contributed by atoms with E-state index in [-0.39, 0.29) is 35.8 Å². The summed E-state index contributed by atoms with van der Waals surface area (Å²) < 4.78 is 11.2. The van der Waals surface area contributed by atoms with Gasteiger partial charge in [-0.05, 0) is 88.3 Å². The Morgan fingerprint density at radius 2 is 1.73 bits per heavy atom. The molecule has 4 rings (SSSR count). The Hall–Kier alpha value is -2.16. The highest BCUT2D eigenvalue weighted by Crippen LogP contribution is 2.34. The lowest BCUT2D eigenvalue weighted by atomic mass is 9.86. The van der Waals surface area contributed by atoms with Crippen LogP contribution < -0.4 is 10.1 Å². The molecule has 2 N–H and O–H groups in total. The second-order valence-electron chi connectivity index (χ2n) is 12.3. The van der Waals surface area contributed by atoms with E-state index in [9.17, 15) is 14.7 Å². The third-order valence-corrected chi connectivity index (χ3v) is 8.99. The Balaban J connectivity index is 1.42. The van der Waals surface area contributed by atoms with Crippen molar-refractivity contribution in [3.63, 3.8) is 0 Å². The maximum atomic E-state index is 13.8. The van der Waals surface area contributed by atoms with Crippen LogP contribution in [0.2, 0.25) is 0 Å². The highest BCUT2D eigenvalue weighted by molar-refractivity contribution is 5.95. The Bertz CT molecular complexity index is 973. The first kappa shape index (κ1) is 30.8. The van der Waals surface area contributed by atoms with Crippen molar-refractivity contribution in [3.05, 3.63) is 29.3 Å². The molecule has 3 aliphatic rings. The largest absolute Gasteiger partial charge is 0.493 e. The fraction of sp³-hybridized carbons (Fsp3) is 0.750. The topological polar surface area (TPSA) is 91.3 Å². The van der Waals surface area contributed by atoms with Gasteiger partial charge in [-0.3, -0.25) is 9.59 Å². The van der Waals surface area contributed by atoms with Gasteiger partial charge in [0, 0.05) is 69.9 Å². The molecule has 2 atom stereocenters. The summed E-state index contributed by atoms with van der Waals surface area (Å²) in [6.07, 6.45) is 6.61. The summed E-state index contributed by atoms with van der Waals surface area (Å²) in [4.78, 5) is 31.5. The number of aryl methyl sites for hydroxylation is 1. The fourth-order valence-corrected chi connectivity index (χ4v) is 6.28. The molecule has 8 nitrogen and oxygen atoms in total. The van der Waals surface area contributed by atoms with Crippen LogP contribution in [0.3, 0.4) is 0 Å². The maximum Gasteiger partial charge on any atom is 0.254 e. The van der Waals surface area contributed by atoms with E-state index in [0.29, 0.717) is 37.3 Å². The molecule has 1 heterocycles. The van der Waals surface area contributed by atoms with E-state index in [2.05, 4.69) is 31.0 Å². The van der Waals surface area contributed by atoms with Gasteiger partial charge in [-0.15, -0.1) is 0 Å². The van der Waals surface area contributed by atoms with E-state index in [1.54, 1.807) is 7.11 Å². The average Bonchev–Trinajstić information content (AvgIpc) is 3.70. The van der Waals surface area contributed by atoms with Gasteiger partial charge in [0.15, 0.2) is 0 Å². The smallest absolute Gasteiger partial charge is 0.254 e. The Morgan fingerprint density at radius 3 is 2.35 bits per heavy atom. The van der Waals surface area contributed by atoms with Gasteiger partial charge in [-0.1, -0.05) is 13.0 Å². The number of ether oxygens (including phenoxy) is 2. The molecule has 3 fully saturated rings. The lowest BCUT2D eigenvalue weighted by Crippen LogP contribution is -2.46. The molecule has 8 heteroatoms. The van der Waals surface area contributed by atoms with Crippen LogP contribution in [0.25, 0.3) is 0 Å². The number of rotatable bonds is 14. The average molecular weight is 558 g/mol. The third-order valence-electron chi connectivity index (χ3n) is 8.99. The van der Waals surface area contributed by atoms with E-state index in [1.165, 1.54) is 0 Å². The number of hydrogen-bond acceptors (Lipinski definition) is 6. The van der Waals surface area contributed by atoms with E-state index >= 15 is 0 Å². The van der Waals surface area contributed by atoms with E-state index in [1.807, 2.05) is 23.1 Å². The molecule has 0 aromatic heterocycles. The monoisotopic (exact) mass is 557 g/mol. The van der Waals surface area contributed by atoms with Gasteiger partial charge in [-0.2, -0.15) is 0 Å². The highest BCUT2D eigenvalue weighted by Gasteiger charge is 2.41.